The van der Waals surface area contributed by atoms with Crippen molar-refractivity contribution in [3.05, 3.63) is 62.7 Å². The Bertz CT molecular complexity index is 684. The van der Waals surface area contributed by atoms with Crippen molar-refractivity contribution in [2.24, 2.45) is 5.73 Å². The van der Waals surface area contributed by atoms with Crippen LogP contribution in [-0.4, -0.2) is 17.0 Å². The van der Waals surface area contributed by atoms with Gasteiger partial charge in [0.05, 0.1) is 11.3 Å². The summed E-state index contributed by atoms with van der Waals surface area (Å²) in [5, 5.41) is 11.8. The van der Waals surface area contributed by atoms with Gasteiger partial charge in [0.25, 0.3) is 5.91 Å². The van der Waals surface area contributed by atoms with Gasteiger partial charge in [0.2, 0.25) is 0 Å². The van der Waals surface area contributed by atoms with Crippen LogP contribution < -0.4 is 11.1 Å². The molecule has 2 rings (SSSR count). The number of carboxylic acids is 1. The van der Waals surface area contributed by atoms with Crippen LogP contribution in [0.4, 0.5) is 5.69 Å². The molecule has 0 atom stereocenters. The van der Waals surface area contributed by atoms with Gasteiger partial charge in [0.15, 0.2) is 0 Å². The molecule has 21 heavy (non-hydrogen) atoms. The number of aromatic carboxylic acids is 1. The fraction of sp³-hybridized carbons (Fsp3) is 0.0667. The van der Waals surface area contributed by atoms with E-state index < -0.39 is 5.97 Å². The second-order valence-electron chi connectivity index (χ2n) is 4.35. The molecular weight excluding hydrogens is 383 g/mol. The van der Waals surface area contributed by atoms with Gasteiger partial charge in [-0.2, -0.15) is 0 Å². The number of hydrogen-bond acceptors (Lipinski definition) is 3. The number of carbonyl (C=O) groups excluding carboxylic acids is 1. The van der Waals surface area contributed by atoms with Crippen LogP contribution in [0.1, 0.15) is 26.3 Å². The van der Waals surface area contributed by atoms with Crippen LogP contribution in [0, 0.1) is 3.57 Å². The molecule has 0 aromatic heterocycles. The number of amides is 1. The zero-order chi connectivity index (χ0) is 15.4. The van der Waals surface area contributed by atoms with E-state index in [2.05, 4.69) is 5.32 Å². The number of nitrogens with one attached hydrogen (secondary N) is 1. The average Bonchev–Trinajstić information content (AvgIpc) is 2.49. The van der Waals surface area contributed by atoms with E-state index in [1.165, 1.54) is 6.07 Å². The van der Waals surface area contributed by atoms with E-state index in [0.717, 1.165) is 9.13 Å². The van der Waals surface area contributed by atoms with Crippen LogP contribution in [0.5, 0.6) is 0 Å². The standard InChI is InChI=1S/C15H13IN2O3/c16-11-5-6-13(12(7-11)15(20)21)18-14(19)10-3-1-9(8-17)2-4-10/h1-7H,8,17H2,(H,18,19)(H,20,21). The Morgan fingerprint density at radius 2 is 1.81 bits per heavy atom. The van der Waals surface area contributed by atoms with E-state index >= 15 is 0 Å². The molecule has 5 nitrogen and oxygen atoms in total. The molecule has 0 radical (unpaired) electrons. The van der Waals surface area contributed by atoms with E-state index in [1.54, 1.807) is 36.4 Å². The van der Waals surface area contributed by atoms with E-state index in [4.69, 9.17) is 5.73 Å². The minimum absolute atomic E-state index is 0.0637. The number of hydrogen-bond donors (Lipinski definition) is 3. The summed E-state index contributed by atoms with van der Waals surface area (Å²) in [7, 11) is 0. The van der Waals surface area contributed by atoms with Crippen LogP contribution >= 0.6 is 22.6 Å². The van der Waals surface area contributed by atoms with Crippen molar-refractivity contribution in [1.82, 2.24) is 0 Å². The Hall–Kier alpha value is -1.93. The average molecular weight is 396 g/mol. The van der Waals surface area contributed by atoms with Gasteiger partial charge in [-0.25, -0.2) is 4.79 Å². The molecule has 0 aliphatic carbocycles. The minimum atomic E-state index is -1.08. The molecule has 0 spiro atoms. The number of rotatable bonds is 4. The van der Waals surface area contributed by atoms with Gasteiger partial charge < -0.3 is 16.2 Å². The topological polar surface area (TPSA) is 92.4 Å². The Morgan fingerprint density at radius 1 is 1.14 bits per heavy atom. The van der Waals surface area contributed by atoms with Crippen molar-refractivity contribution in [3.63, 3.8) is 0 Å². The summed E-state index contributed by atoms with van der Waals surface area (Å²) in [6.45, 7) is 0.405. The van der Waals surface area contributed by atoms with Gasteiger partial charge in [0, 0.05) is 15.7 Å². The Labute approximate surface area is 135 Å². The van der Waals surface area contributed by atoms with Gasteiger partial charge in [-0.05, 0) is 58.5 Å². The second-order valence-corrected chi connectivity index (χ2v) is 5.60. The van der Waals surface area contributed by atoms with Crippen molar-refractivity contribution in [3.8, 4) is 0 Å². The van der Waals surface area contributed by atoms with Crippen LogP contribution in [0.25, 0.3) is 0 Å². The fourth-order valence-corrected chi connectivity index (χ4v) is 2.28. The summed E-state index contributed by atoms with van der Waals surface area (Å²) < 4.78 is 0.787. The molecular formula is C15H13IN2O3. The first-order valence-corrected chi connectivity index (χ1v) is 7.22. The number of benzene rings is 2. The predicted octanol–water partition coefficient (Wildman–Crippen LogP) is 2.70. The highest BCUT2D eigenvalue weighted by atomic mass is 127. The van der Waals surface area contributed by atoms with E-state index in [0.29, 0.717) is 12.1 Å². The lowest BCUT2D eigenvalue weighted by Gasteiger charge is -2.09. The van der Waals surface area contributed by atoms with Crippen LogP contribution in [-0.2, 0) is 6.54 Å². The zero-order valence-electron chi connectivity index (χ0n) is 11.0. The number of nitrogens with two attached hydrogens (primary N) is 1. The Kier molecular flexibility index (Phi) is 4.92. The quantitative estimate of drug-likeness (QED) is 0.693. The number of anilines is 1. The number of carboxylic acid groups (broad SMARTS) is 1. The third kappa shape index (κ3) is 3.79. The molecule has 0 fully saturated rings. The summed E-state index contributed by atoms with van der Waals surface area (Å²) in [5.41, 5.74) is 7.21. The molecule has 108 valence electrons. The Morgan fingerprint density at radius 3 is 2.38 bits per heavy atom. The van der Waals surface area contributed by atoms with Crippen LogP contribution in [0.2, 0.25) is 0 Å². The molecule has 6 heteroatoms. The maximum absolute atomic E-state index is 12.1. The van der Waals surface area contributed by atoms with Crippen molar-refractivity contribution in [2.45, 2.75) is 6.54 Å². The minimum Gasteiger partial charge on any atom is -0.478 e. The molecule has 0 saturated carbocycles. The van der Waals surface area contributed by atoms with Crippen molar-refractivity contribution >= 4 is 40.2 Å². The van der Waals surface area contributed by atoms with Crippen molar-refractivity contribution in [2.75, 3.05) is 5.32 Å². The van der Waals surface area contributed by atoms with Crippen molar-refractivity contribution < 1.29 is 14.7 Å². The zero-order valence-corrected chi connectivity index (χ0v) is 13.1. The highest BCUT2D eigenvalue weighted by Gasteiger charge is 2.14. The molecule has 0 aliphatic heterocycles. The SMILES string of the molecule is NCc1ccc(C(=O)Nc2ccc(I)cc2C(=O)O)cc1. The molecule has 0 unspecified atom stereocenters. The monoisotopic (exact) mass is 396 g/mol. The van der Waals surface area contributed by atoms with Crippen LogP contribution in [0.15, 0.2) is 42.5 Å². The summed E-state index contributed by atoms with van der Waals surface area (Å²) in [6, 6.07) is 11.7. The van der Waals surface area contributed by atoms with Gasteiger partial charge in [0.1, 0.15) is 0 Å². The summed E-state index contributed by atoms with van der Waals surface area (Å²) in [5.74, 6) is -1.44. The Balaban J connectivity index is 2.24. The maximum Gasteiger partial charge on any atom is 0.337 e. The van der Waals surface area contributed by atoms with Gasteiger partial charge in [-0.3, -0.25) is 4.79 Å². The highest BCUT2D eigenvalue weighted by Crippen LogP contribution is 2.20. The normalized spacial score (nSPS) is 10.2. The van der Waals surface area contributed by atoms with E-state index in [9.17, 15) is 14.7 Å². The van der Waals surface area contributed by atoms with E-state index in [-0.39, 0.29) is 17.2 Å². The molecule has 0 saturated heterocycles. The largest absolute Gasteiger partial charge is 0.478 e. The van der Waals surface area contributed by atoms with E-state index in [1.807, 2.05) is 22.6 Å². The lowest BCUT2D eigenvalue weighted by Crippen LogP contribution is -2.15. The van der Waals surface area contributed by atoms with Gasteiger partial charge >= 0.3 is 5.97 Å². The van der Waals surface area contributed by atoms with Gasteiger partial charge in [-0.15, -0.1) is 0 Å². The molecule has 2 aromatic carbocycles. The first-order valence-electron chi connectivity index (χ1n) is 6.14. The third-order valence-corrected chi connectivity index (χ3v) is 3.58. The first kappa shape index (κ1) is 15.5. The van der Waals surface area contributed by atoms with Crippen molar-refractivity contribution in [1.29, 1.82) is 0 Å². The molecule has 4 N–H and O–H groups in total. The summed E-state index contributed by atoms with van der Waals surface area (Å²) in [6.07, 6.45) is 0. The van der Waals surface area contributed by atoms with Gasteiger partial charge in [-0.1, -0.05) is 12.1 Å². The maximum atomic E-state index is 12.1. The summed E-state index contributed by atoms with van der Waals surface area (Å²) >= 11 is 2.02. The predicted molar refractivity (Wildman–Crippen MR) is 88.4 cm³/mol. The lowest BCUT2D eigenvalue weighted by atomic mass is 10.1. The second kappa shape index (κ2) is 6.68. The fourth-order valence-electron chi connectivity index (χ4n) is 1.79. The smallest absolute Gasteiger partial charge is 0.337 e. The molecule has 1 amide bonds. The summed E-state index contributed by atoms with van der Waals surface area (Å²) in [4.78, 5) is 23.3. The third-order valence-electron chi connectivity index (χ3n) is 2.91. The number of carbonyl (C=O) groups is 2. The highest BCUT2D eigenvalue weighted by molar-refractivity contribution is 14.1. The molecule has 0 heterocycles. The first-order chi connectivity index (χ1) is 10.0. The molecule has 0 bridgehead atoms. The molecule has 0 aliphatic rings. The molecule has 2 aromatic rings. The van der Waals surface area contributed by atoms with Crippen LogP contribution in [0.3, 0.4) is 0 Å². The lowest BCUT2D eigenvalue weighted by molar-refractivity contribution is 0.0698. The number of halogens is 1.